The molecule has 6 heteroatoms. The Labute approximate surface area is 158 Å². The molecule has 0 saturated carbocycles. The van der Waals surface area contributed by atoms with Crippen LogP contribution < -0.4 is 9.64 Å². The highest BCUT2D eigenvalue weighted by Gasteiger charge is 2.30. The summed E-state index contributed by atoms with van der Waals surface area (Å²) >= 11 is 0. The van der Waals surface area contributed by atoms with Crippen molar-refractivity contribution in [1.82, 2.24) is 4.90 Å². The normalized spacial score (nSPS) is 15.0. The second kappa shape index (κ2) is 7.61. The highest BCUT2D eigenvalue weighted by molar-refractivity contribution is 6.19. The van der Waals surface area contributed by atoms with Crippen molar-refractivity contribution >= 4 is 23.4 Å². The fourth-order valence-corrected chi connectivity index (χ4v) is 3.22. The predicted octanol–water partition coefficient (Wildman–Crippen LogP) is 3.18. The Morgan fingerprint density at radius 1 is 1.04 bits per heavy atom. The lowest BCUT2D eigenvalue weighted by atomic mass is 10.0. The Bertz CT molecular complexity index is 860. The molecule has 0 aliphatic carbocycles. The molecule has 0 bridgehead atoms. The van der Waals surface area contributed by atoms with Crippen LogP contribution in [0.1, 0.15) is 41.7 Å². The smallest absolute Gasteiger partial charge is 0.254 e. The molecule has 2 aromatic rings. The van der Waals surface area contributed by atoms with Crippen LogP contribution in [0.3, 0.4) is 0 Å². The van der Waals surface area contributed by atoms with E-state index in [1.807, 2.05) is 31.2 Å². The van der Waals surface area contributed by atoms with Gasteiger partial charge in [-0.15, -0.1) is 0 Å². The average Bonchev–Trinajstić information content (AvgIpc) is 3.04. The number of anilines is 1. The number of amides is 3. The van der Waals surface area contributed by atoms with Crippen molar-refractivity contribution in [3.05, 3.63) is 59.7 Å². The van der Waals surface area contributed by atoms with E-state index in [2.05, 4.69) is 0 Å². The fourth-order valence-electron chi connectivity index (χ4n) is 3.22. The third-order valence-electron chi connectivity index (χ3n) is 4.91. The summed E-state index contributed by atoms with van der Waals surface area (Å²) in [5, 5.41) is 0. The van der Waals surface area contributed by atoms with Crippen LogP contribution in [0.5, 0.6) is 5.75 Å². The molecule has 1 heterocycles. The Morgan fingerprint density at radius 3 is 2.22 bits per heavy atom. The SMILES string of the molecule is COc1ccccc1[C@H](C)N(C)C(=O)c1ccc(N2C(=O)CCC2=O)cc1. The summed E-state index contributed by atoms with van der Waals surface area (Å²) in [5.41, 5.74) is 1.90. The second-order valence-electron chi connectivity index (χ2n) is 6.50. The van der Waals surface area contributed by atoms with Gasteiger partial charge in [0, 0.05) is 31.0 Å². The van der Waals surface area contributed by atoms with Gasteiger partial charge in [0.15, 0.2) is 0 Å². The fraction of sp³-hybridized carbons (Fsp3) is 0.286. The number of ether oxygens (including phenoxy) is 1. The molecule has 6 nitrogen and oxygen atoms in total. The highest BCUT2D eigenvalue weighted by Crippen LogP contribution is 2.29. The molecule has 0 radical (unpaired) electrons. The monoisotopic (exact) mass is 366 g/mol. The molecule has 0 N–H and O–H groups in total. The number of carbonyl (C=O) groups is 3. The standard InChI is InChI=1S/C21H22N2O4/c1-14(17-6-4-5-7-18(17)27-3)22(2)21(26)15-8-10-16(11-9-15)23-19(24)12-13-20(23)25/h4-11,14H,12-13H2,1-3H3/t14-/m0/s1. The first kappa shape index (κ1) is 18.6. The first-order valence-corrected chi connectivity index (χ1v) is 8.80. The van der Waals surface area contributed by atoms with E-state index in [0.717, 1.165) is 11.3 Å². The van der Waals surface area contributed by atoms with E-state index in [-0.39, 0.29) is 36.6 Å². The maximum absolute atomic E-state index is 12.9. The summed E-state index contributed by atoms with van der Waals surface area (Å²) in [6.45, 7) is 1.94. The maximum atomic E-state index is 12.9. The van der Waals surface area contributed by atoms with Crippen LogP contribution in [0.4, 0.5) is 5.69 Å². The lowest BCUT2D eigenvalue weighted by molar-refractivity contribution is -0.121. The zero-order valence-electron chi connectivity index (χ0n) is 15.6. The minimum absolute atomic E-state index is 0.154. The number of hydrogen-bond donors (Lipinski definition) is 0. The van der Waals surface area contributed by atoms with E-state index >= 15 is 0 Å². The van der Waals surface area contributed by atoms with Crippen molar-refractivity contribution in [2.75, 3.05) is 19.1 Å². The van der Waals surface area contributed by atoms with Crippen molar-refractivity contribution < 1.29 is 19.1 Å². The zero-order chi connectivity index (χ0) is 19.6. The third kappa shape index (κ3) is 3.56. The molecule has 1 saturated heterocycles. The lowest BCUT2D eigenvalue weighted by Crippen LogP contribution is -2.30. The number of imide groups is 1. The number of para-hydroxylation sites is 1. The number of rotatable bonds is 5. The van der Waals surface area contributed by atoms with Crippen LogP contribution in [-0.4, -0.2) is 36.8 Å². The van der Waals surface area contributed by atoms with Crippen LogP contribution in [0, 0.1) is 0 Å². The van der Waals surface area contributed by atoms with E-state index < -0.39 is 0 Å². The van der Waals surface area contributed by atoms with Gasteiger partial charge in [-0.25, -0.2) is 0 Å². The van der Waals surface area contributed by atoms with Crippen LogP contribution in [-0.2, 0) is 9.59 Å². The van der Waals surface area contributed by atoms with Crippen LogP contribution >= 0.6 is 0 Å². The van der Waals surface area contributed by atoms with Crippen molar-refractivity contribution in [3.8, 4) is 5.75 Å². The molecule has 0 aromatic heterocycles. The minimum atomic E-state index is -0.207. The Balaban J connectivity index is 1.79. The molecular formula is C21H22N2O4. The van der Waals surface area contributed by atoms with Gasteiger partial charge >= 0.3 is 0 Å². The molecule has 3 rings (SSSR count). The summed E-state index contributed by atoms with van der Waals surface area (Å²) in [4.78, 5) is 39.3. The number of hydrogen-bond acceptors (Lipinski definition) is 4. The van der Waals surface area contributed by atoms with Gasteiger partial charge in [-0.2, -0.15) is 0 Å². The number of methoxy groups -OCH3 is 1. The van der Waals surface area contributed by atoms with Gasteiger partial charge in [0.2, 0.25) is 11.8 Å². The summed E-state index contributed by atoms with van der Waals surface area (Å²) in [6, 6.07) is 14.0. The summed E-state index contributed by atoms with van der Waals surface area (Å²) in [6.07, 6.45) is 0.470. The Morgan fingerprint density at radius 2 is 1.63 bits per heavy atom. The van der Waals surface area contributed by atoms with Crippen LogP contribution in [0.25, 0.3) is 0 Å². The van der Waals surface area contributed by atoms with Gasteiger partial charge in [-0.1, -0.05) is 18.2 Å². The van der Waals surface area contributed by atoms with Gasteiger partial charge in [-0.3, -0.25) is 19.3 Å². The lowest BCUT2D eigenvalue weighted by Gasteiger charge is -2.27. The quantitative estimate of drug-likeness (QED) is 0.762. The van der Waals surface area contributed by atoms with Crippen molar-refractivity contribution in [3.63, 3.8) is 0 Å². The molecule has 3 amide bonds. The Hall–Kier alpha value is -3.15. The van der Waals surface area contributed by atoms with Gasteiger partial charge in [0.1, 0.15) is 5.75 Å². The van der Waals surface area contributed by atoms with E-state index in [9.17, 15) is 14.4 Å². The first-order chi connectivity index (χ1) is 12.9. The molecular weight excluding hydrogens is 344 g/mol. The van der Waals surface area contributed by atoms with Crippen LogP contribution in [0.15, 0.2) is 48.5 Å². The molecule has 27 heavy (non-hydrogen) atoms. The summed E-state index contributed by atoms with van der Waals surface area (Å²) in [7, 11) is 3.34. The van der Waals surface area contributed by atoms with E-state index in [1.54, 1.807) is 43.3 Å². The molecule has 1 aliphatic rings. The minimum Gasteiger partial charge on any atom is -0.496 e. The summed E-state index contributed by atoms with van der Waals surface area (Å²) in [5.74, 6) is 0.159. The van der Waals surface area contributed by atoms with Gasteiger partial charge in [0.25, 0.3) is 5.91 Å². The predicted molar refractivity (Wildman–Crippen MR) is 102 cm³/mol. The summed E-state index contributed by atoms with van der Waals surface area (Å²) < 4.78 is 5.39. The maximum Gasteiger partial charge on any atom is 0.254 e. The topological polar surface area (TPSA) is 66.9 Å². The van der Waals surface area contributed by atoms with Crippen molar-refractivity contribution in [1.29, 1.82) is 0 Å². The number of carbonyl (C=O) groups excluding carboxylic acids is 3. The van der Waals surface area contributed by atoms with Gasteiger partial charge in [-0.05, 0) is 37.3 Å². The molecule has 2 aromatic carbocycles. The van der Waals surface area contributed by atoms with Gasteiger partial charge in [0.05, 0.1) is 18.8 Å². The average molecular weight is 366 g/mol. The van der Waals surface area contributed by atoms with E-state index in [0.29, 0.717) is 11.3 Å². The molecule has 1 fully saturated rings. The van der Waals surface area contributed by atoms with Gasteiger partial charge < -0.3 is 9.64 Å². The van der Waals surface area contributed by atoms with Crippen molar-refractivity contribution in [2.24, 2.45) is 0 Å². The number of benzene rings is 2. The molecule has 0 unspecified atom stereocenters. The largest absolute Gasteiger partial charge is 0.496 e. The first-order valence-electron chi connectivity index (χ1n) is 8.80. The van der Waals surface area contributed by atoms with E-state index in [1.165, 1.54) is 4.90 Å². The van der Waals surface area contributed by atoms with E-state index in [4.69, 9.17) is 4.74 Å². The third-order valence-corrected chi connectivity index (χ3v) is 4.91. The molecule has 0 spiro atoms. The second-order valence-corrected chi connectivity index (χ2v) is 6.50. The Kier molecular flexibility index (Phi) is 5.26. The zero-order valence-corrected chi connectivity index (χ0v) is 15.6. The highest BCUT2D eigenvalue weighted by atomic mass is 16.5. The van der Waals surface area contributed by atoms with Crippen LogP contribution in [0.2, 0.25) is 0 Å². The molecule has 1 atom stereocenters. The molecule has 1 aliphatic heterocycles. The molecule has 140 valence electrons. The number of nitrogens with zero attached hydrogens (tertiary/aromatic N) is 2. The van der Waals surface area contributed by atoms with Crippen molar-refractivity contribution in [2.45, 2.75) is 25.8 Å².